The standard InChI is InChI=1S/C30H44N8O10S2/c1-3-14(2)24-29(46)34-18(8-9-22(32)40)26(43)36-20(11-23(33)41)27(44)37-21(30(47)48)13-50-49-12-17(31)25(42)35-19(28(45)38-24)10-15-4-6-16(39)7-5-15/h4-7,14,17-21,24,39H,3,8-13,31H2,1-2H3,(H2,32,40)(H2,33,41)(H,34,46)(H,35,42)(H,36,43)(H,37,44)(H,38,45)(H,47,48)/t14-,17+,18+,19-,20-,21+,24-/m0/s1. The quantitative estimate of drug-likeness (QED) is 0.110. The maximum atomic E-state index is 13.7. The molecule has 1 aliphatic rings. The number of carbonyl (C=O) groups excluding carboxylic acids is 7. The van der Waals surface area contributed by atoms with E-state index in [-0.39, 0.29) is 36.5 Å². The zero-order chi connectivity index (χ0) is 37.5. The van der Waals surface area contributed by atoms with Crippen molar-refractivity contribution < 1.29 is 48.6 Å². The Morgan fingerprint density at radius 1 is 0.800 bits per heavy atom. The van der Waals surface area contributed by atoms with Crippen molar-refractivity contribution >= 4 is 68.9 Å². The van der Waals surface area contributed by atoms with Crippen molar-refractivity contribution in [3.05, 3.63) is 29.8 Å². The Morgan fingerprint density at radius 3 is 1.94 bits per heavy atom. The molecule has 1 heterocycles. The van der Waals surface area contributed by atoms with Crippen LogP contribution in [0.5, 0.6) is 5.75 Å². The average molecular weight is 741 g/mol. The van der Waals surface area contributed by atoms with Crippen molar-refractivity contribution in [2.75, 3.05) is 11.5 Å². The lowest BCUT2D eigenvalue weighted by Crippen LogP contribution is -2.61. The summed E-state index contributed by atoms with van der Waals surface area (Å²) in [7, 11) is 2.00. The van der Waals surface area contributed by atoms with Crippen molar-refractivity contribution in [3.63, 3.8) is 0 Å². The van der Waals surface area contributed by atoms with Gasteiger partial charge in [0.2, 0.25) is 41.4 Å². The normalized spacial score (nSPS) is 25.5. The minimum absolute atomic E-state index is 0.0240. The van der Waals surface area contributed by atoms with Crippen LogP contribution >= 0.6 is 21.6 Å². The van der Waals surface area contributed by atoms with Gasteiger partial charge in [0.15, 0.2) is 0 Å². The van der Waals surface area contributed by atoms with Gasteiger partial charge in [-0.05, 0) is 30.0 Å². The van der Waals surface area contributed by atoms with Crippen LogP contribution in [0.3, 0.4) is 0 Å². The number of benzene rings is 1. The number of phenolic OH excluding ortho intramolecular Hbond substituents is 1. The molecule has 0 spiro atoms. The molecule has 50 heavy (non-hydrogen) atoms. The Morgan fingerprint density at radius 2 is 1.36 bits per heavy atom. The minimum Gasteiger partial charge on any atom is -0.508 e. The third-order valence-electron chi connectivity index (χ3n) is 7.67. The third-order valence-corrected chi connectivity index (χ3v) is 10.1. The second-order valence-electron chi connectivity index (χ2n) is 11.7. The summed E-state index contributed by atoms with van der Waals surface area (Å²) in [6, 6.07) is -2.50. The first-order valence-corrected chi connectivity index (χ1v) is 18.1. The molecule has 1 aromatic rings. The van der Waals surface area contributed by atoms with E-state index in [1.807, 2.05) is 0 Å². The van der Waals surface area contributed by atoms with E-state index in [1.165, 1.54) is 12.1 Å². The van der Waals surface area contributed by atoms with Gasteiger partial charge in [0.1, 0.15) is 36.0 Å². The Bertz CT molecular complexity index is 1420. The number of carboxylic acids is 1. The zero-order valence-corrected chi connectivity index (χ0v) is 29.1. The summed E-state index contributed by atoms with van der Waals surface area (Å²) < 4.78 is 0. The predicted molar refractivity (Wildman–Crippen MR) is 184 cm³/mol. The molecular weight excluding hydrogens is 697 g/mol. The fraction of sp³-hybridized carbons (Fsp3) is 0.533. The highest BCUT2D eigenvalue weighted by molar-refractivity contribution is 8.76. The number of amides is 7. The molecule has 0 aliphatic carbocycles. The number of nitrogens with one attached hydrogen (secondary N) is 5. The first-order chi connectivity index (χ1) is 23.5. The lowest BCUT2D eigenvalue weighted by molar-refractivity contribution is -0.141. The van der Waals surface area contributed by atoms with Gasteiger partial charge >= 0.3 is 5.97 Å². The van der Waals surface area contributed by atoms with Crippen molar-refractivity contribution in [1.82, 2.24) is 26.6 Å². The number of carboxylic acid groups (broad SMARTS) is 1. The van der Waals surface area contributed by atoms with Gasteiger partial charge in [0.25, 0.3) is 0 Å². The smallest absolute Gasteiger partial charge is 0.327 e. The second-order valence-corrected chi connectivity index (χ2v) is 14.2. The fourth-order valence-electron chi connectivity index (χ4n) is 4.57. The summed E-state index contributed by atoms with van der Waals surface area (Å²) in [4.78, 5) is 103. The Hall–Kier alpha value is -4.56. The maximum Gasteiger partial charge on any atom is 0.327 e. The summed E-state index contributed by atoms with van der Waals surface area (Å²) in [5.41, 5.74) is 17.2. The summed E-state index contributed by atoms with van der Waals surface area (Å²) in [5, 5.41) is 31.7. The van der Waals surface area contributed by atoms with Crippen molar-refractivity contribution in [2.24, 2.45) is 23.1 Å². The van der Waals surface area contributed by atoms with Gasteiger partial charge in [-0.1, -0.05) is 54.0 Å². The van der Waals surface area contributed by atoms with E-state index in [0.29, 0.717) is 12.0 Å². The van der Waals surface area contributed by atoms with Gasteiger partial charge in [-0.3, -0.25) is 33.6 Å². The number of hydrogen-bond donors (Lipinski definition) is 10. The molecule has 20 heteroatoms. The Kier molecular flexibility index (Phi) is 16.8. The maximum absolute atomic E-state index is 13.7. The molecule has 276 valence electrons. The van der Waals surface area contributed by atoms with Crippen LogP contribution in [0.2, 0.25) is 0 Å². The molecule has 1 aliphatic heterocycles. The van der Waals surface area contributed by atoms with Gasteiger partial charge in [-0.25, -0.2) is 4.79 Å². The van der Waals surface area contributed by atoms with Crippen LogP contribution in [0.25, 0.3) is 0 Å². The first kappa shape index (κ1) is 41.6. The van der Waals surface area contributed by atoms with Gasteiger partial charge in [-0.2, -0.15) is 0 Å². The van der Waals surface area contributed by atoms with Crippen LogP contribution in [0.1, 0.15) is 45.1 Å². The molecule has 1 aromatic carbocycles. The van der Waals surface area contributed by atoms with Gasteiger partial charge < -0.3 is 54.0 Å². The summed E-state index contributed by atoms with van der Waals surface area (Å²) in [5.74, 6) is -8.51. The summed E-state index contributed by atoms with van der Waals surface area (Å²) in [6.45, 7) is 3.41. The summed E-state index contributed by atoms with van der Waals surface area (Å²) in [6.07, 6.45) is -1.16. The van der Waals surface area contributed by atoms with E-state index >= 15 is 0 Å². The number of phenols is 1. The van der Waals surface area contributed by atoms with Crippen LogP contribution in [0.15, 0.2) is 24.3 Å². The first-order valence-electron chi connectivity index (χ1n) is 15.6. The molecule has 0 aromatic heterocycles. The number of hydrogen-bond acceptors (Lipinski definition) is 12. The minimum atomic E-state index is -1.67. The highest BCUT2D eigenvalue weighted by Gasteiger charge is 2.35. The van der Waals surface area contributed by atoms with E-state index in [9.17, 15) is 48.6 Å². The van der Waals surface area contributed by atoms with Crippen LogP contribution in [0, 0.1) is 5.92 Å². The molecule has 0 radical (unpaired) electrons. The largest absolute Gasteiger partial charge is 0.508 e. The predicted octanol–water partition coefficient (Wildman–Crippen LogP) is -2.65. The Labute approximate surface area is 295 Å². The molecule has 0 saturated carbocycles. The molecule has 1 fully saturated rings. The average Bonchev–Trinajstić information content (AvgIpc) is 3.05. The number of nitrogens with two attached hydrogens (primary N) is 3. The van der Waals surface area contributed by atoms with Crippen LogP contribution < -0.4 is 43.8 Å². The second kappa shape index (κ2) is 20.2. The van der Waals surface area contributed by atoms with Crippen LogP contribution in [0.4, 0.5) is 0 Å². The van der Waals surface area contributed by atoms with E-state index in [4.69, 9.17) is 17.2 Å². The van der Waals surface area contributed by atoms with E-state index in [1.54, 1.807) is 26.0 Å². The van der Waals surface area contributed by atoms with Crippen molar-refractivity contribution in [3.8, 4) is 5.75 Å². The molecule has 2 rings (SSSR count). The van der Waals surface area contributed by atoms with Gasteiger partial charge in [0.05, 0.1) is 12.5 Å². The van der Waals surface area contributed by atoms with E-state index in [2.05, 4.69) is 26.6 Å². The number of rotatable bonds is 10. The van der Waals surface area contributed by atoms with Gasteiger partial charge in [0, 0.05) is 24.3 Å². The Balaban J connectivity index is 2.55. The molecule has 18 nitrogen and oxygen atoms in total. The van der Waals surface area contributed by atoms with Crippen LogP contribution in [-0.2, 0) is 44.8 Å². The summed E-state index contributed by atoms with van der Waals surface area (Å²) >= 11 is 0. The third kappa shape index (κ3) is 13.7. The molecule has 13 N–H and O–H groups in total. The lowest BCUT2D eigenvalue weighted by Gasteiger charge is -2.29. The van der Waals surface area contributed by atoms with E-state index in [0.717, 1.165) is 21.6 Å². The van der Waals surface area contributed by atoms with E-state index < -0.39 is 95.9 Å². The van der Waals surface area contributed by atoms with Crippen molar-refractivity contribution in [2.45, 2.75) is 82.2 Å². The SMILES string of the molecule is CC[C@H](C)[C@@H]1NC(=O)[C@H](Cc2ccc(O)cc2)NC(=O)[C@H](N)CSSC[C@H](C(=O)O)NC(=O)[C@H](CC(N)=O)NC(=O)[C@@H](CCC(N)=O)NC1=O. The molecule has 0 unspecified atom stereocenters. The molecular formula is C30H44N8O10S2. The highest BCUT2D eigenvalue weighted by atomic mass is 33.1. The van der Waals surface area contributed by atoms with Gasteiger partial charge in [-0.15, -0.1) is 0 Å². The number of aromatic hydroxyl groups is 1. The molecule has 7 amide bonds. The number of aliphatic carboxylic acids is 1. The zero-order valence-electron chi connectivity index (χ0n) is 27.5. The molecule has 7 atom stereocenters. The number of primary amides is 2. The topological polar surface area (TPSA) is 315 Å². The lowest BCUT2D eigenvalue weighted by atomic mass is 9.96. The fourth-order valence-corrected chi connectivity index (χ4v) is 6.85. The van der Waals surface area contributed by atoms with Crippen molar-refractivity contribution in [1.29, 1.82) is 0 Å². The highest BCUT2D eigenvalue weighted by Crippen LogP contribution is 2.23. The van der Waals surface area contributed by atoms with Crippen LogP contribution in [-0.4, -0.2) is 105 Å². The molecule has 0 bridgehead atoms. The number of carbonyl (C=O) groups is 8. The monoisotopic (exact) mass is 740 g/mol. The molecule has 1 saturated heterocycles.